The molecule has 0 N–H and O–H groups in total. The molecular weight excluding hydrogens is 512 g/mol. The van der Waals surface area contributed by atoms with Gasteiger partial charge in [0.1, 0.15) is 33.8 Å². The van der Waals surface area contributed by atoms with Crippen LogP contribution in [0.1, 0.15) is 52.7 Å². The lowest BCUT2D eigenvalue weighted by Gasteiger charge is -2.25. The quantitative estimate of drug-likeness (QED) is 0.289. The number of hydrogen-bond acceptors (Lipinski definition) is 7. The van der Waals surface area contributed by atoms with Crippen LogP contribution in [0.3, 0.4) is 0 Å². The molecule has 2 aromatic carbocycles. The van der Waals surface area contributed by atoms with Crippen molar-refractivity contribution in [1.82, 2.24) is 0 Å². The highest BCUT2D eigenvalue weighted by Crippen LogP contribution is 2.48. The van der Waals surface area contributed by atoms with E-state index in [1.807, 2.05) is 39.0 Å². The van der Waals surface area contributed by atoms with Gasteiger partial charge in [0.25, 0.3) is 0 Å². The summed E-state index contributed by atoms with van der Waals surface area (Å²) < 4.78 is 64.1. The summed E-state index contributed by atoms with van der Waals surface area (Å²) in [5.74, 6) is 0.270. The lowest BCUT2D eigenvalue weighted by Crippen LogP contribution is -2.28. The van der Waals surface area contributed by atoms with E-state index in [0.29, 0.717) is 6.54 Å². The van der Waals surface area contributed by atoms with Crippen molar-refractivity contribution >= 4 is 38.6 Å². The van der Waals surface area contributed by atoms with Crippen molar-refractivity contribution in [2.24, 2.45) is 0 Å². The van der Waals surface area contributed by atoms with Crippen molar-refractivity contribution in [2.75, 3.05) is 18.0 Å². The van der Waals surface area contributed by atoms with Crippen LogP contribution in [-0.4, -0.2) is 45.1 Å². The summed E-state index contributed by atoms with van der Waals surface area (Å²) in [4.78, 5) is 1.90. The smallest absolute Gasteiger partial charge is 0.210 e. The van der Waals surface area contributed by atoms with Crippen LogP contribution >= 0.6 is 0 Å². The van der Waals surface area contributed by atoms with Crippen molar-refractivity contribution < 1.29 is 30.5 Å². The number of fused-ring (bicyclic) bond motifs is 2. The molecule has 2 aliphatic heterocycles. The second kappa shape index (κ2) is 9.50. The Morgan fingerprint density at radius 2 is 1.76 bits per heavy atom. The van der Waals surface area contributed by atoms with E-state index in [4.69, 9.17) is 4.18 Å². The Morgan fingerprint density at radius 1 is 1.05 bits per heavy atom. The zero-order valence-corrected chi connectivity index (χ0v) is 23.4. The summed E-state index contributed by atoms with van der Waals surface area (Å²) in [6.07, 6.45) is 6.08. The molecule has 2 aromatic rings. The van der Waals surface area contributed by atoms with Crippen LogP contribution in [0.5, 0.6) is 5.75 Å². The van der Waals surface area contributed by atoms with E-state index in [2.05, 4.69) is 36.3 Å². The third kappa shape index (κ3) is 4.67. The lowest BCUT2D eigenvalue weighted by atomic mass is 9.81. The summed E-state index contributed by atoms with van der Waals surface area (Å²) in [5, 5.41) is 0. The molecule has 0 aromatic heterocycles. The topological polar surface area (TPSA) is 113 Å². The maximum absolute atomic E-state index is 11.6. The second-order valence-electron chi connectivity index (χ2n) is 10.1. The molecule has 0 saturated carbocycles. The first-order valence-electron chi connectivity index (χ1n) is 12.1. The van der Waals surface area contributed by atoms with E-state index < -0.39 is 32.3 Å². The highest BCUT2D eigenvalue weighted by atomic mass is 32.2. The van der Waals surface area contributed by atoms with E-state index in [1.54, 1.807) is 18.2 Å². The molecule has 0 bridgehead atoms. The number of rotatable bonds is 7. The highest BCUT2D eigenvalue weighted by molar-refractivity contribution is 7.85. The van der Waals surface area contributed by atoms with Crippen LogP contribution in [0.4, 0.5) is 11.4 Å². The molecule has 0 spiro atoms. The van der Waals surface area contributed by atoms with Crippen LogP contribution in [0.2, 0.25) is 0 Å². The van der Waals surface area contributed by atoms with Crippen molar-refractivity contribution in [3.63, 3.8) is 0 Å². The number of anilines is 1. The first kappa shape index (κ1) is 27.3. The summed E-state index contributed by atoms with van der Waals surface area (Å²) in [5.41, 5.74) is 4.79. The first-order valence-corrected chi connectivity index (χ1v) is 14.5. The Morgan fingerprint density at radius 3 is 2.35 bits per heavy atom. The van der Waals surface area contributed by atoms with E-state index in [0.717, 1.165) is 40.5 Å². The first-order chi connectivity index (χ1) is 17.2. The largest absolute Gasteiger partial charge is 0.744 e. The molecule has 0 saturated heterocycles. The van der Waals surface area contributed by atoms with Gasteiger partial charge in [0.15, 0.2) is 5.71 Å². The molecule has 2 heterocycles. The minimum Gasteiger partial charge on any atom is -0.744 e. The molecule has 10 heteroatoms. The standard InChI is InChI=1S/C27H32N2O6S2/c1-7-28-22-14-12-18(35-36(30)31)16-20(22)26(3,4)24(28)10-9-11-25-27(5,6)21-17-19(37(32,33)34)13-15-23(21)29(25)8-2/h9-17H,7-8H2,1-6H3,(H-,30,31,32,33,34)/p-1. The summed E-state index contributed by atoms with van der Waals surface area (Å²) in [6, 6.07) is 9.85. The monoisotopic (exact) mass is 543 g/mol. The molecule has 1 unspecified atom stereocenters. The van der Waals surface area contributed by atoms with Crippen molar-refractivity contribution in [2.45, 2.75) is 57.3 Å². The molecular formula is C27H31N2O6S2-. The van der Waals surface area contributed by atoms with Crippen molar-refractivity contribution in [3.05, 3.63) is 71.5 Å². The van der Waals surface area contributed by atoms with Crippen molar-refractivity contribution in [3.8, 4) is 5.75 Å². The molecule has 37 heavy (non-hydrogen) atoms. The third-order valence-electron chi connectivity index (χ3n) is 7.32. The van der Waals surface area contributed by atoms with Gasteiger partial charge >= 0.3 is 0 Å². The number of hydrogen-bond donors (Lipinski definition) is 0. The van der Waals surface area contributed by atoms with Gasteiger partial charge in [-0.25, -0.2) is 12.6 Å². The van der Waals surface area contributed by atoms with Gasteiger partial charge in [-0.2, -0.15) is 4.58 Å². The van der Waals surface area contributed by atoms with E-state index in [-0.39, 0.29) is 10.6 Å². The zero-order chi connectivity index (χ0) is 27.3. The summed E-state index contributed by atoms with van der Waals surface area (Å²) in [6.45, 7) is 13.7. The molecule has 0 fully saturated rings. The van der Waals surface area contributed by atoms with Gasteiger partial charge in [-0.1, -0.05) is 19.9 Å². The third-order valence-corrected chi connectivity index (χ3v) is 8.48. The average Bonchev–Trinajstić information content (AvgIpc) is 3.16. The predicted molar refractivity (Wildman–Crippen MR) is 142 cm³/mol. The van der Waals surface area contributed by atoms with E-state index >= 15 is 0 Å². The molecule has 198 valence electrons. The van der Waals surface area contributed by atoms with Gasteiger partial charge in [0, 0.05) is 41.1 Å². The molecule has 1 atom stereocenters. The number of nitrogens with zero attached hydrogens (tertiary/aromatic N) is 2. The molecule has 8 nitrogen and oxygen atoms in total. The SMILES string of the molecule is CCN1/C(=C\C=C\C2=[N+](CC)c3ccc(OS(=O)[O-])cc3C2(C)C)C(C)(C)c2cc(S(=O)(=O)[O-])ccc21. The van der Waals surface area contributed by atoms with Gasteiger partial charge in [-0.3, -0.25) is 0 Å². The second-order valence-corrected chi connectivity index (χ2v) is 12.1. The van der Waals surface area contributed by atoms with Crippen LogP contribution in [0.15, 0.2) is 65.2 Å². The summed E-state index contributed by atoms with van der Waals surface area (Å²) in [7, 11) is -4.56. The average molecular weight is 544 g/mol. The number of allylic oxidation sites excluding steroid dienone is 4. The van der Waals surface area contributed by atoms with E-state index in [9.17, 15) is 21.7 Å². The Kier molecular flexibility index (Phi) is 7.00. The van der Waals surface area contributed by atoms with Gasteiger partial charge in [-0.05, 0) is 69.7 Å². The minimum atomic E-state index is -4.56. The van der Waals surface area contributed by atoms with Crippen molar-refractivity contribution in [1.29, 1.82) is 0 Å². The molecule has 0 amide bonds. The molecule has 4 rings (SSSR count). The molecule has 2 aliphatic rings. The molecule has 0 radical (unpaired) electrons. The Bertz CT molecular complexity index is 1490. The van der Waals surface area contributed by atoms with Crippen LogP contribution < -0.4 is 9.08 Å². The zero-order valence-electron chi connectivity index (χ0n) is 21.8. The van der Waals surface area contributed by atoms with Crippen LogP contribution in [0, 0.1) is 0 Å². The fourth-order valence-corrected chi connectivity index (χ4v) is 6.26. The van der Waals surface area contributed by atoms with Crippen LogP contribution in [-0.2, 0) is 32.3 Å². The highest BCUT2D eigenvalue weighted by Gasteiger charge is 2.44. The Balaban J connectivity index is 1.74. The van der Waals surface area contributed by atoms with Gasteiger partial charge in [0.2, 0.25) is 5.69 Å². The lowest BCUT2D eigenvalue weighted by molar-refractivity contribution is -0.433. The summed E-state index contributed by atoms with van der Waals surface area (Å²) >= 11 is -2.65. The Labute approximate surface area is 221 Å². The fraction of sp³-hybridized carbons (Fsp3) is 0.370. The fourth-order valence-electron chi connectivity index (χ4n) is 5.51. The molecule has 0 aliphatic carbocycles. The minimum absolute atomic E-state index is 0.226. The van der Waals surface area contributed by atoms with Gasteiger partial charge in [0.05, 0.1) is 10.3 Å². The van der Waals surface area contributed by atoms with Gasteiger partial charge in [-0.15, -0.1) is 0 Å². The Hall–Kier alpha value is -2.79. The van der Waals surface area contributed by atoms with Gasteiger partial charge < -0.3 is 18.2 Å². The number of likely N-dealkylation sites (N-methyl/N-ethyl adjacent to an activating group) is 1. The number of benzene rings is 2. The normalized spacial score (nSPS) is 20.0. The maximum atomic E-state index is 11.6. The predicted octanol–water partition coefficient (Wildman–Crippen LogP) is 4.42. The maximum Gasteiger partial charge on any atom is 0.210 e. The van der Waals surface area contributed by atoms with Crippen LogP contribution in [0.25, 0.3) is 0 Å². The van der Waals surface area contributed by atoms with E-state index in [1.165, 1.54) is 12.1 Å².